The van der Waals surface area contributed by atoms with Crippen LogP contribution in [0.5, 0.6) is 0 Å². The summed E-state index contributed by atoms with van der Waals surface area (Å²) in [5.74, 6) is -1.37. The molecule has 0 radical (unpaired) electrons. The van der Waals surface area contributed by atoms with Gasteiger partial charge in [-0.25, -0.2) is 12.8 Å². The molecule has 1 N–H and O–H groups in total. The highest BCUT2D eigenvalue weighted by atomic mass is 35.5. The zero-order valence-electron chi connectivity index (χ0n) is 22.2. The molecule has 0 aliphatic carbocycles. The Morgan fingerprint density at radius 1 is 1.00 bits per heavy atom. The number of rotatable bonds is 12. The summed E-state index contributed by atoms with van der Waals surface area (Å²) in [6, 6.07) is 17.2. The number of nitrogens with one attached hydrogen (secondary N) is 1. The van der Waals surface area contributed by atoms with Crippen molar-refractivity contribution < 1.29 is 22.4 Å². The fourth-order valence-electron chi connectivity index (χ4n) is 4.00. The lowest BCUT2D eigenvalue weighted by atomic mass is 10.1. The smallest absolute Gasteiger partial charge is 0.264 e. The molecular weight excluding hydrogens is 541 g/mol. The molecule has 0 bridgehead atoms. The summed E-state index contributed by atoms with van der Waals surface area (Å²) in [5, 5.41) is 3.21. The summed E-state index contributed by atoms with van der Waals surface area (Å²) < 4.78 is 42.2. The van der Waals surface area contributed by atoms with E-state index >= 15 is 0 Å². The maximum Gasteiger partial charge on any atom is 0.264 e. The number of benzene rings is 3. The predicted molar refractivity (Wildman–Crippen MR) is 151 cm³/mol. The van der Waals surface area contributed by atoms with Crippen LogP contribution in [0.1, 0.15) is 37.8 Å². The van der Waals surface area contributed by atoms with Gasteiger partial charge >= 0.3 is 0 Å². The zero-order chi connectivity index (χ0) is 28.6. The summed E-state index contributed by atoms with van der Waals surface area (Å²) in [4.78, 5) is 28.1. The van der Waals surface area contributed by atoms with Crippen LogP contribution in [0.15, 0.2) is 77.7 Å². The molecule has 3 rings (SSSR count). The number of sulfonamides is 1. The Morgan fingerprint density at radius 2 is 1.64 bits per heavy atom. The van der Waals surface area contributed by atoms with Gasteiger partial charge in [0.1, 0.15) is 18.4 Å². The number of unbranched alkanes of at least 4 members (excludes halogenated alkanes) is 1. The monoisotopic (exact) mass is 573 g/mol. The molecule has 3 aromatic rings. The van der Waals surface area contributed by atoms with Crippen LogP contribution in [0, 0.1) is 12.7 Å². The Morgan fingerprint density at radius 3 is 2.26 bits per heavy atom. The topological polar surface area (TPSA) is 86.8 Å². The van der Waals surface area contributed by atoms with E-state index in [0.717, 1.165) is 17.1 Å². The fourth-order valence-corrected chi connectivity index (χ4v) is 5.60. The van der Waals surface area contributed by atoms with Crippen molar-refractivity contribution in [2.75, 3.05) is 17.4 Å². The van der Waals surface area contributed by atoms with Gasteiger partial charge in [0.15, 0.2) is 0 Å². The average Bonchev–Trinajstić information content (AvgIpc) is 2.91. The van der Waals surface area contributed by atoms with Crippen molar-refractivity contribution in [2.24, 2.45) is 0 Å². The van der Waals surface area contributed by atoms with E-state index < -0.39 is 34.3 Å². The SMILES string of the molecule is CCCCNC(=O)[C@H](C)N(Cc1ccc(F)cc1)C(=O)CN(c1ccccc1C)S(=O)(=O)c1ccc(Cl)cc1. The van der Waals surface area contributed by atoms with Crippen molar-refractivity contribution in [3.8, 4) is 0 Å². The van der Waals surface area contributed by atoms with Crippen LogP contribution in [0.4, 0.5) is 10.1 Å². The minimum atomic E-state index is -4.19. The fraction of sp³-hybridized carbons (Fsp3) is 0.310. The van der Waals surface area contributed by atoms with Gasteiger partial charge in [-0.15, -0.1) is 0 Å². The van der Waals surface area contributed by atoms with E-state index in [1.165, 1.54) is 53.4 Å². The minimum absolute atomic E-state index is 0.00984. The van der Waals surface area contributed by atoms with Crippen molar-refractivity contribution in [1.29, 1.82) is 0 Å². The van der Waals surface area contributed by atoms with E-state index in [2.05, 4.69) is 5.32 Å². The normalized spacial score (nSPS) is 12.0. The first-order chi connectivity index (χ1) is 18.5. The number of carbonyl (C=O) groups is 2. The molecule has 10 heteroatoms. The number of aryl methyl sites for hydroxylation is 1. The van der Waals surface area contributed by atoms with Crippen LogP contribution >= 0.6 is 11.6 Å². The van der Waals surface area contributed by atoms with Gasteiger partial charge in [0.2, 0.25) is 11.8 Å². The van der Waals surface area contributed by atoms with Crippen LogP contribution in [0.2, 0.25) is 5.02 Å². The van der Waals surface area contributed by atoms with Gasteiger partial charge in [-0.1, -0.05) is 55.3 Å². The van der Waals surface area contributed by atoms with Crippen molar-refractivity contribution in [3.63, 3.8) is 0 Å². The summed E-state index contributed by atoms with van der Waals surface area (Å²) in [7, 11) is -4.19. The van der Waals surface area contributed by atoms with Crippen molar-refractivity contribution in [2.45, 2.75) is 51.1 Å². The van der Waals surface area contributed by atoms with E-state index in [9.17, 15) is 22.4 Å². The first kappa shape index (κ1) is 30.1. The molecule has 39 heavy (non-hydrogen) atoms. The first-order valence-corrected chi connectivity index (χ1v) is 14.5. The van der Waals surface area contributed by atoms with Crippen LogP contribution in [0.25, 0.3) is 0 Å². The highest BCUT2D eigenvalue weighted by Gasteiger charge is 2.33. The maximum atomic E-state index is 13.9. The predicted octanol–water partition coefficient (Wildman–Crippen LogP) is 5.32. The summed E-state index contributed by atoms with van der Waals surface area (Å²) >= 11 is 5.98. The number of para-hydroxylation sites is 1. The van der Waals surface area contributed by atoms with Crippen molar-refractivity contribution in [1.82, 2.24) is 10.2 Å². The molecule has 0 saturated carbocycles. The van der Waals surface area contributed by atoms with E-state index in [4.69, 9.17) is 11.6 Å². The maximum absolute atomic E-state index is 13.9. The molecule has 0 aliphatic rings. The lowest BCUT2D eigenvalue weighted by Gasteiger charge is -2.32. The molecule has 0 fully saturated rings. The first-order valence-electron chi connectivity index (χ1n) is 12.7. The lowest BCUT2D eigenvalue weighted by Crippen LogP contribution is -2.51. The minimum Gasteiger partial charge on any atom is -0.354 e. The molecule has 0 saturated heterocycles. The van der Waals surface area contributed by atoms with Crippen LogP contribution in [-0.2, 0) is 26.2 Å². The second-order valence-electron chi connectivity index (χ2n) is 9.22. The molecule has 0 spiro atoms. The molecule has 3 aromatic carbocycles. The summed E-state index contributed by atoms with van der Waals surface area (Å²) in [5.41, 5.74) is 1.59. The molecular formula is C29H33ClFN3O4S. The van der Waals surface area contributed by atoms with Gasteiger partial charge in [0.05, 0.1) is 10.6 Å². The standard InChI is InChI=1S/C29H33ClFN3O4S/c1-4-5-18-32-29(36)22(3)33(19-23-10-14-25(31)15-11-23)28(35)20-34(27-9-7-6-8-21(27)2)39(37,38)26-16-12-24(30)13-17-26/h6-17,22H,4-5,18-20H2,1-3H3,(H,32,36)/t22-/m0/s1. The van der Waals surface area contributed by atoms with E-state index in [0.29, 0.717) is 28.4 Å². The van der Waals surface area contributed by atoms with Gasteiger partial charge in [-0.05, 0) is 73.9 Å². The average molecular weight is 574 g/mol. The Balaban J connectivity index is 2.00. The van der Waals surface area contributed by atoms with Gasteiger partial charge in [0, 0.05) is 18.1 Å². The number of nitrogens with zero attached hydrogens (tertiary/aromatic N) is 2. The Labute approximate surface area is 234 Å². The number of hydrogen-bond acceptors (Lipinski definition) is 4. The second-order valence-corrected chi connectivity index (χ2v) is 11.5. The molecule has 0 unspecified atom stereocenters. The van der Waals surface area contributed by atoms with Crippen LogP contribution in [-0.4, -0.2) is 44.3 Å². The van der Waals surface area contributed by atoms with Gasteiger partial charge in [-0.2, -0.15) is 0 Å². The van der Waals surface area contributed by atoms with E-state index in [1.54, 1.807) is 38.1 Å². The third-order valence-electron chi connectivity index (χ3n) is 6.33. The molecule has 0 heterocycles. The third-order valence-corrected chi connectivity index (χ3v) is 8.35. The molecule has 7 nitrogen and oxygen atoms in total. The lowest BCUT2D eigenvalue weighted by molar-refractivity contribution is -0.139. The quantitative estimate of drug-likeness (QED) is 0.297. The summed E-state index contributed by atoms with van der Waals surface area (Å²) in [6.07, 6.45) is 1.67. The van der Waals surface area contributed by atoms with Gasteiger partial charge < -0.3 is 10.2 Å². The molecule has 1 atom stereocenters. The van der Waals surface area contributed by atoms with Gasteiger partial charge in [0.25, 0.3) is 10.0 Å². The van der Waals surface area contributed by atoms with Crippen LogP contribution in [0.3, 0.4) is 0 Å². The molecule has 2 amide bonds. The number of hydrogen-bond donors (Lipinski definition) is 1. The Bertz CT molecular complexity index is 1380. The highest BCUT2D eigenvalue weighted by molar-refractivity contribution is 7.92. The number of carbonyl (C=O) groups excluding carboxylic acids is 2. The molecule has 208 valence electrons. The largest absolute Gasteiger partial charge is 0.354 e. The second kappa shape index (κ2) is 13.6. The number of anilines is 1. The van der Waals surface area contributed by atoms with Gasteiger partial charge in [-0.3, -0.25) is 13.9 Å². The van der Waals surface area contributed by atoms with E-state index in [-0.39, 0.29) is 17.3 Å². The Kier molecular flexibility index (Phi) is 10.5. The molecule has 0 aliphatic heterocycles. The third kappa shape index (κ3) is 7.80. The Hall–Kier alpha value is -3.43. The highest BCUT2D eigenvalue weighted by Crippen LogP contribution is 2.28. The number of amides is 2. The zero-order valence-corrected chi connectivity index (χ0v) is 23.8. The van der Waals surface area contributed by atoms with Crippen LogP contribution < -0.4 is 9.62 Å². The van der Waals surface area contributed by atoms with Crippen molar-refractivity contribution in [3.05, 3.63) is 94.8 Å². The van der Waals surface area contributed by atoms with Crippen molar-refractivity contribution >= 4 is 39.1 Å². The van der Waals surface area contributed by atoms with E-state index in [1.807, 2.05) is 6.92 Å². The summed E-state index contributed by atoms with van der Waals surface area (Å²) in [6.45, 7) is 5.24. The molecule has 0 aromatic heterocycles. The number of halogens is 2.